The van der Waals surface area contributed by atoms with Gasteiger partial charge in [-0.1, -0.05) is 0 Å². The number of rotatable bonds is 8. The number of amides is 3. The quantitative estimate of drug-likeness (QED) is 0.676. The zero-order valence-corrected chi connectivity index (χ0v) is 18.6. The SMILES string of the molecule is CCN(CC)C(=O)c1ccc2c(c1)N(CC(=O)Nc1cc(OC)cc(OC)c1)C(=O)CO2. The van der Waals surface area contributed by atoms with Gasteiger partial charge in [0.2, 0.25) is 5.91 Å². The lowest BCUT2D eigenvalue weighted by molar-refractivity contribution is -0.123. The van der Waals surface area contributed by atoms with Crippen molar-refractivity contribution in [3.05, 3.63) is 42.0 Å². The molecule has 0 aliphatic carbocycles. The maximum atomic E-state index is 12.8. The van der Waals surface area contributed by atoms with Crippen LogP contribution >= 0.6 is 0 Å². The Morgan fingerprint density at radius 2 is 1.72 bits per heavy atom. The minimum absolute atomic E-state index is 0.149. The predicted octanol–water partition coefficient (Wildman–Crippen LogP) is 2.55. The first-order valence-corrected chi connectivity index (χ1v) is 10.3. The first-order chi connectivity index (χ1) is 15.4. The number of nitrogens with zero attached hydrogens (tertiary/aromatic N) is 2. The Morgan fingerprint density at radius 1 is 1.06 bits per heavy atom. The fourth-order valence-corrected chi connectivity index (χ4v) is 3.43. The van der Waals surface area contributed by atoms with Crippen LogP contribution in [0, 0.1) is 0 Å². The van der Waals surface area contributed by atoms with E-state index in [0.717, 1.165) is 0 Å². The number of carbonyl (C=O) groups is 3. The molecule has 2 aromatic rings. The van der Waals surface area contributed by atoms with Gasteiger partial charge in [0.05, 0.1) is 19.9 Å². The van der Waals surface area contributed by atoms with Gasteiger partial charge in [0, 0.05) is 42.5 Å². The molecule has 9 heteroatoms. The van der Waals surface area contributed by atoms with Gasteiger partial charge in [-0.3, -0.25) is 19.3 Å². The molecule has 0 radical (unpaired) electrons. The van der Waals surface area contributed by atoms with E-state index in [0.29, 0.717) is 47.3 Å². The predicted molar refractivity (Wildman–Crippen MR) is 120 cm³/mol. The second-order valence-electron chi connectivity index (χ2n) is 7.08. The Balaban J connectivity index is 1.83. The van der Waals surface area contributed by atoms with Crippen LogP contribution < -0.4 is 24.4 Å². The van der Waals surface area contributed by atoms with E-state index >= 15 is 0 Å². The molecule has 0 unspecified atom stereocenters. The van der Waals surface area contributed by atoms with Crippen LogP contribution in [0.1, 0.15) is 24.2 Å². The largest absolute Gasteiger partial charge is 0.497 e. The molecule has 3 rings (SSSR count). The lowest BCUT2D eigenvalue weighted by Gasteiger charge is -2.29. The summed E-state index contributed by atoms with van der Waals surface area (Å²) in [7, 11) is 3.03. The summed E-state index contributed by atoms with van der Waals surface area (Å²) in [6.07, 6.45) is 0. The van der Waals surface area contributed by atoms with Gasteiger partial charge in [0.25, 0.3) is 11.8 Å². The van der Waals surface area contributed by atoms with Crippen LogP contribution in [0.4, 0.5) is 11.4 Å². The van der Waals surface area contributed by atoms with Crippen molar-refractivity contribution in [2.24, 2.45) is 0 Å². The number of fused-ring (bicyclic) bond motifs is 1. The Morgan fingerprint density at radius 3 is 2.31 bits per heavy atom. The minimum Gasteiger partial charge on any atom is -0.497 e. The first-order valence-electron chi connectivity index (χ1n) is 10.3. The van der Waals surface area contributed by atoms with Gasteiger partial charge < -0.3 is 24.4 Å². The second kappa shape index (κ2) is 10.0. The van der Waals surface area contributed by atoms with Crippen LogP contribution in [0.2, 0.25) is 0 Å². The average molecular weight is 441 g/mol. The Hall–Kier alpha value is -3.75. The normalized spacial score (nSPS) is 12.5. The Bertz CT molecular complexity index is 997. The van der Waals surface area contributed by atoms with E-state index in [9.17, 15) is 14.4 Å². The molecule has 1 aliphatic rings. The third kappa shape index (κ3) is 4.93. The maximum absolute atomic E-state index is 12.8. The minimum atomic E-state index is -0.415. The van der Waals surface area contributed by atoms with Crippen LogP contribution in [-0.4, -0.2) is 63.1 Å². The van der Waals surface area contributed by atoms with Crippen LogP contribution in [0.3, 0.4) is 0 Å². The molecule has 0 aromatic heterocycles. The summed E-state index contributed by atoms with van der Waals surface area (Å²) in [5.41, 5.74) is 1.28. The number of ether oxygens (including phenoxy) is 3. The van der Waals surface area contributed by atoms with E-state index < -0.39 is 5.91 Å². The van der Waals surface area contributed by atoms with E-state index in [1.807, 2.05) is 13.8 Å². The molecule has 1 N–H and O–H groups in total. The fourth-order valence-electron chi connectivity index (χ4n) is 3.43. The summed E-state index contributed by atoms with van der Waals surface area (Å²) in [6, 6.07) is 9.89. The summed E-state index contributed by atoms with van der Waals surface area (Å²) < 4.78 is 15.9. The summed E-state index contributed by atoms with van der Waals surface area (Å²) in [5.74, 6) is 0.546. The van der Waals surface area contributed by atoms with Crippen LogP contribution in [0.15, 0.2) is 36.4 Å². The fraction of sp³-hybridized carbons (Fsp3) is 0.348. The molecule has 0 spiro atoms. The van der Waals surface area contributed by atoms with Gasteiger partial charge in [-0.2, -0.15) is 0 Å². The van der Waals surface area contributed by atoms with Crippen LogP contribution in [-0.2, 0) is 9.59 Å². The third-order valence-corrected chi connectivity index (χ3v) is 5.14. The van der Waals surface area contributed by atoms with Gasteiger partial charge in [-0.05, 0) is 32.0 Å². The number of nitrogens with one attached hydrogen (secondary N) is 1. The molecule has 1 heterocycles. The van der Waals surface area contributed by atoms with Gasteiger partial charge in [0.1, 0.15) is 23.8 Å². The highest BCUT2D eigenvalue weighted by Crippen LogP contribution is 2.33. The molecular formula is C23H27N3O6. The monoisotopic (exact) mass is 441 g/mol. The Labute approximate surface area is 186 Å². The van der Waals surface area contributed by atoms with Gasteiger partial charge in [-0.25, -0.2) is 0 Å². The molecule has 0 fully saturated rings. The van der Waals surface area contributed by atoms with E-state index in [1.165, 1.54) is 19.1 Å². The van der Waals surface area contributed by atoms with Crippen molar-refractivity contribution in [3.8, 4) is 17.2 Å². The second-order valence-corrected chi connectivity index (χ2v) is 7.08. The van der Waals surface area contributed by atoms with Crippen molar-refractivity contribution in [2.75, 3.05) is 50.7 Å². The lowest BCUT2D eigenvalue weighted by Crippen LogP contribution is -2.43. The highest BCUT2D eigenvalue weighted by atomic mass is 16.5. The van der Waals surface area contributed by atoms with Crippen molar-refractivity contribution >= 4 is 29.1 Å². The molecular weight excluding hydrogens is 414 g/mol. The third-order valence-electron chi connectivity index (χ3n) is 5.14. The Kier molecular flexibility index (Phi) is 7.19. The summed E-state index contributed by atoms with van der Waals surface area (Å²) in [5, 5.41) is 2.76. The molecule has 0 bridgehead atoms. The van der Waals surface area contributed by atoms with E-state index in [1.54, 1.807) is 41.3 Å². The molecule has 32 heavy (non-hydrogen) atoms. The van der Waals surface area contributed by atoms with Gasteiger partial charge in [0.15, 0.2) is 6.61 Å². The smallest absolute Gasteiger partial charge is 0.265 e. The number of hydrogen-bond donors (Lipinski definition) is 1. The van der Waals surface area contributed by atoms with Crippen molar-refractivity contribution < 1.29 is 28.6 Å². The summed E-state index contributed by atoms with van der Waals surface area (Å²) in [4.78, 5) is 41.1. The molecule has 3 amide bonds. The number of methoxy groups -OCH3 is 2. The van der Waals surface area contributed by atoms with Gasteiger partial charge in [-0.15, -0.1) is 0 Å². The molecule has 1 aliphatic heterocycles. The van der Waals surface area contributed by atoms with Crippen LogP contribution in [0.5, 0.6) is 17.2 Å². The number of carbonyl (C=O) groups excluding carboxylic acids is 3. The molecule has 0 atom stereocenters. The van der Waals surface area contributed by atoms with Crippen molar-refractivity contribution in [3.63, 3.8) is 0 Å². The molecule has 0 saturated heterocycles. The van der Waals surface area contributed by atoms with E-state index in [-0.39, 0.29) is 25.0 Å². The first kappa shape index (κ1) is 22.9. The van der Waals surface area contributed by atoms with Crippen molar-refractivity contribution in [1.82, 2.24) is 4.90 Å². The van der Waals surface area contributed by atoms with Crippen LogP contribution in [0.25, 0.3) is 0 Å². The van der Waals surface area contributed by atoms with E-state index in [2.05, 4.69) is 5.32 Å². The number of anilines is 2. The summed E-state index contributed by atoms with van der Waals surface area (Å²) in [6.45, 7) is 4.51. The highest BCUT2D eigenvalue weighted by Gasteiger charge is 2.29. The van der Waals surface area contributed by atoms with Crippen molar-refractivity contribution in [1.29, 1.82) is 0 Å². The standard InChI is InChI=1S/C23H27N3O6/c1-5-25(6-2)23(29)15-7-8-20-19(9-15)26(22(28)14-32-20)13-21(27)24-16-10-17(30-3)12-18(11-16)31-4/h7-12H,5-6,13-14H2,1-4H3,(H,24,27). The summed E-state index contributed by atoms with van der Waals surface area (Å²) >= 11 is 0. The molecule has 2 aromatic carbocycles. The zero-order valence-electron chi connectivity index (χ0n) is 18.6. The van der Waals surface area contributed by atoms with Gasteiger partial charge >= 0.3 is 0 Å². The highest BCUT2D eigenvalue weighted by molar-refractivity contribution is 6.06. The lowest BCUT2D eigenvalue weighted by atomic mass is 10.1. The van der Waals surface area contributed by atoms with E-state index in [4.69, 9.17) is 14.2 Å². The zero-order chi connectivity index (χ0) is 23.3. The van der Waals surface area contributed by atoms with Crippen molar-refractivity contribution in [2.45, 2.75) is 13.8 Å². The molecule has 9 nitrogen and oxygen atoms in total. The molecule has 0 saturated carbocycles. The molecule has 170 valence electrons. The number of hydrogen-bond acceptors (Lipinski definition) is 6. The maximum Gasteiger partial charge on any atom is 0.265 e. The average Bonchev–Trinajstić information content (AvgIpc) is 2.80. The topological polar surface area (TPSA) is 97.4 Å². The number of benzene rings is 2.